The maximum atomic E-state index is 17.3. The molecule has 3 nitrogen and oxygen atoms in total. The fourth-order valence-electron chi connectivity index (χ4n) is 13.1. The fourth-order valence-corrected chi connectivity index (χ4v) is 13.1. The van der Waals surface area contributed by atoms with Crippen molar-refractivity contribution in [3.63, 3.8) is 0 Å². The highest BCUT2D eigenvalue weighted by atomic mass is 19.2. The summed E-state index contributed by atoms with van der Waals surface area (Å²) in [6.07, 6.45) is 3.40. The number of hydrogen-bond donors (Lipinski definition) is 0. The third-order valence-electron chi connectivity index (χ3n) is 17.1. The fraction of sp³-hybridized carbons (Fsp3) is 0.0256. The predicted octanol–water partition coefficient (Wildman–Crippen LogP) is 21.5. The van der Waals surface area contributed by atoms with Crippen LogP contribution in [0.4, 0.5) is 52.2 Å². The quantitative estimate of drug-likeness (QED) is 0.0615. The van der Waals surface area contributed by atoms with Gasteiger partial charge in [0.2, 0.25) is 0 Å². The topological polar surface area (TPSA) is 21.7 Å². The number of hydrogen-bond acceptors (Lipinski definition) is 3. The molecule has 12 aromatic rings. The SMILES string of the molecule is C=Cc1ccc(Oc2ccc(C3(c4cc(F)c(F)c(F)c4F)c4ccccc4-c4ccc(N(c5ccc(-c6ccccc6)cc5)c5ccc6c(c5)C(c5ccc(Oc7ccc(C=C)cc7)cc5)(c5cc(F)c(F)c(F)c5F)c5ccccc5-6)cc43)cc2)cc1. The smallest absolute Gasteiger partial charge is 0.197 e. The molecular formula is C78H47F8NO2. The van der Waals surface area contributed by atoms with E-state index in [0.29, 0.717) is 108 Å². The molecule has 0 bridgehead atoms. The normalized spacial score (nSPS) is 15.1. The molecule has 0 aromatic heterocycles. The minimum atomic E-state index is -2.00. The van der Waals surface area contributed by atoms with E-state index in [1.807, 2.05) is 120 Å². The molecule has 89 heavy (non-hydrogen) atoms. The van der Waals surface area contributed by atoms with E-state index in [-0.39, 0.29) is 0 Å². The summed E-state index contributed by atoms with van der Waals surface area (Å²) in [7, 11) is 0. The van der Waals surface area contributed by atoms with Gasteiger partial charge in [0.15, 0.2) is 46.5 Å². The van der Waals surface area contributed by atoms with Crippen LogP contribution in [0.3, 0.4) is 0 Å². The van der Waals surface area contributed by atoms with E-state index >= 15 is 35.1 Å². The maximum Gasteiger partial charge on any atom is 0.197 e. The summed E-state index contributed by atoms with van der Waals surface area (Å²) < 4.78 is 142. The molecule has 0 fully saturated rings. The van der Waals surface area contributed by atoms with Crippen molar-refractivity contribution in [1.82, 2.24) is 0 Å². The lowest BCUT2D eigenvalue weighted by Crippen LogP contribution is -2.31. The Labute approximate surface area is 507 Å². The lowest BCUT2D eigenvalue weighted by molar-refractivity contribution is 0.399. The third kappa shape index (κ3) is 9.02. The van der Waals surface area contributed by atoms with Crippen molar-refractivity contribution in [2.24, 2.45) is 0 Å². The first kappa shape index (κ1) is 55.8. The zero-order valence-electron chi connectivity index (χ0n) is 47.0. The van der Waals surface area contributed by atoms with Crippen molar-refractivity contribution in [3.8, 4) is 56.4 Å². The van der Waals surface area contributed by atoms with Gasteiger partial charge >= 0.3 is 0 Å². The highest BCUT2D eigenvalue weighted by Crippen LogP contribution is 2.61. The summed E-state index contributed by atoms with van der Waals surface area (Å²) in [5.41, 5.74) is 4.80. The average Bonchev–Trinajstić information content (AvgIpc) is 1.57. The second kappa shape index (κ2) is 22.0. The molecule has 2 aliphatic rings. The predicted molar refractivity (Wildman–Crippen MR) is 334 cm³/mol. The van der Waals surface area contributed by atoms with Gasteiger partial charge in [-0.3, -0.25) is 0 Å². The minimum Gasteiger partial charge on any atom is -0.457 e. The molecule has 12 aromatic carbocycles. The van der Waals surface area contributed by atoms with Crippen LogP contribution in [0.5, 0.6) is 23.0 Å². The molecule has 11 heteroatoms. The van der Waals surface area contributed by atoms with E-state index in [1.165, 1.54) is 0 Å². The van der Waals surface area contributed by atoms with E-state index in [0.717, 1.165) is 22.3 Å². The lowest BCUT2D eigenvalue weighted by Gasteiger charge is -2.36. The molecular weight excluding hydrogens is 1130 g/mol. The first-order chi connectivity index (χ1) is 43.3. The van der Waals surface area contributed by atoms with Gasteiger partial charge in [0.05, 0.1) is 10.8 Å². The molecule has 0 saturated heterocycles. The van der Waals surface area contributed by atoms with E-state index in [4.69, 9.17) is 9.47 Å². The van der Waals surface area contributed by atoms with E-state index in [1.54, 1.807) is 133 Å². The van der Waals surface area contributed by atoms with Crippen LogP contribution in [0.25, 0.3) is 45.5 Å². The van der Waals surface area contributed by atoms with Gasteiger partial charge in [-0.05, 0) is 175 Å². The largest absolute Gasteiger partial charge is 0.457 e. The second-order valence-electron chi connectivity index (χ2n) is 21.8. The molecule has 2 atom stereocenters. The van der Waals surface area contributed by atoms with Crippen molar-refractivity contribution in [1.29, 1.82) is 0 Å². The van der Waals surface area contributed by atoms with Crippen LogP contribution in [0.15, 0.2) is 262 Å². The molecule has 14 rings (SSSR count). The summed E-state index contributed by atoms with van der Waals surface area (Å²) in [6, 6.07) is 71.8. The molecule has 0 heterocycles. The Morgan fingerprint density at radius 3 is 1.04 bits per heavy atom. The summed E-state index contributed by atoms with van der Waals surface area (Å²) in [5.74, 6) is -12.6. The van der Waals surface area contributed by atoms with E-state index in [9.17, 15) is 0 Å². The molecule has 2 aliphatic carbocycles. The van der Waals surface area contributed by atoms with Crippen LogP contribution in [0.2, 0.25) is 0 Å². The van der Waals surface area contributed by atoms with Crippen LogP contribution in [-0.2, 0) is 10.8 Å². The summed E-state index contributed by atoms with van der Waals surface area (Å²) >= 11 is 0. The molecule has 0 amide bonds. The van der Waals surface area contributed by atoms with Gasteiger partial charge in [-0.2, -0.15) is 0 Å². The van der Waals surface area contributed by atoms with Gasteiger partial charge in [-0.25, -0.2) is 35.1 Å². The average molecular weight is 1180 g/mol. The van der Waals surface area contributed by atoms with Crippen LogP contribution in [0, 0.1) is 46.5 Å². The highest BCUT2D eigenvalue weighted by Gasteiger charge is 2.51. The molecule has 0 aliphatic heterocycles. The molecule has 0 radical (unpaired) electrons. The van der Waals surface area contributed by atoms with Crippen LogP contribution in [0.1, 0.15) is 55.6 Å². The molecule has 2 unspecified atom stereocenters. The minimum absolute atomic E-state index is 0.348. The van der Waals surface area contributed by atoms with Gasteiger partial charge in [0.25, 0.3) is 0 Å². The van der Waals surface area contributed by atoms with Crippen LogP contribution in [-0.4, -0.2) is 0 Å². The summed E-state index contributed by atoms with van der Waals surface area (Å²) in [6.45, 7) is 7.64. The zero-order chi connectivity index (χ0) is 61.3. The van der Waals surface area contributed by atoms with Gasteiger partial charge in [0, 0.05) is 28.2 Å². The van der Waals surface area contributed by atoms with Crippen molar-refractivity contribution >= 4 is 29.2 Å². The van der Waals surface area contributed by atoms with Crippen LogP contribution < -0.4 is 14.4 Å². The number of ether oxygens (including phenoxy) is 2. The first-order valence-corrected chi connectivity index (χ1v) is 28.4. The highest BCUT2D eigenvalue weighted by molar-refractivity contribution is 5.93. The number of fused-ring (bicyclic) bond motifs is 6. The Balaban J connectivity index is 1.01. The monoisotopic (exact) mass is 1180 g/mol. The molecule has 0 spiro atoms. The summed E-state index contributed by atoms with van der Waals surface area (Å²) in [4.78, 5) is 1.89. The Morgan fingerprint density at radius 1 is 0.292 bits per heavy atom. The number of nitrogens with zero attached hydrogens (tertiary/aromatic N) is 1. The van der Waals surface area contributed by atoms with E-state index < -0.39 is 68.5 Å². The number of halogens is 8. The Morgan fingerprint density at radius 2 is 0.640 bits per heavy atom. The zero-order valence-corrected chi connectivity index (χ0v) is 47.0. The van der Waals surface area contributed by atoms with Crippen molar-refractivity contribution in [2.75, 3.05) is 4.90 Å². The van der Waals surface area contributed by atoms with Gasteiger partial charge in [-0.15, -0.1) is 0 Å². The van der Waals surface area contributed by atoms with Crippen LogP contribution >= 0.6 is 0 Å². The van der Waals surface area contributed by atoms with E-state index in [2.05, 4.69) is 13.2 Å². The molecule has 0 N–H and O–H groups in total. The van der Waals surface area contributed by atoms with Crippen molar-refractivity contribution in [2.45, 2.75) is 10.8 Å². The van der Waals surface area contributed by atoms with Gasteiger partial charge in [0.1, 0.15) is 23.0 Å². The van der Waals surface area contributed by atoms with Crippen molar-refractivity contribution < 1.29 is 44.6 Å². The number of rotatable bonds is 14. The van der Waals surface area contributed by atoms with Gasteiger partial charge < -0.3 is 14.4 Å². The third-order valence-corrected chi connectivity index (χ3v) is 17.1. The second-order valence-corrected chi connectivity index (χ2v) is 21.8. The van der Waals surface area contributed by atoms with Gasteiger partial charge in [-0.1, -0.05) is 177 Å². The lowest BCUT2D eigenvalue weighted by atomic mass is 9.67. The standard InChI is InChI=1S/C78H47F8NO2/c1-3-46-18-32-55(33-19-46)88-57-36-24-50(25-37-57)77(67-44-69(79)73(83)75(85)71(67)81)63-16-10-8-14-59(63)61-40-30-53(42-65(61)77)87(52-28-22-49(23-29-52)48-12-6-5-7-13-48)54-31-41-62-60-15-9-11-17-64(60)78(66(62)43-54,68-45-70(80)74(84)76(86)72(68)82)51-26-38-58(39-27-51)89-56-34-20-47(4-2)21-35-56/h3-45H,1-2H2. The number of benzene rings is 12. The first-order valence-electron chi connectivity index (χ1n) is 28.4. The molecule has 432 valence electrons. The Bertz CT molecular complexity index is 4520. The Hall–Kier alpha value is -11.0. The summed E-state index contributed by atoms with van der Waals surface area (Å²) in [5, 5.41) is 0. The molecule has 0 saturated carbocycles. The maximum absolute atomic E-state index is 17.3. The Kier molecular flexibility index (Phi) is 13.8. The number of anilines is 3. The van der Waals surface area contributed by atoms with Crippen molar-refractivity contribution in [3.05, 3.63) is 364 Å².